The molecule has 1 aliphatic carbocycles. The van der Waals surface area contributed by atoms with Crippen molar-refractivity contribution in [3.63, 3.8) is 0 Å². The molecule has 1 fully saturated rings. The average molecular weight is 278 g/mol. The van der Waals surface area contributed by atoms with Crippen LogP contribution in [0.25, 0.3) is 22.2 Å². The van der Waals surface area contributed by atoms with Gasteiger partial charge in [-0.15, -0.1) is 0 Å². The molecule has 1 saturated carbocycles. The summed E-state index contributed by atoms with van der Waals surface area (Å²) in [5.74, 6) is 1.80. The van der Waals surface area contributed by atoms with Crippen LogP contribution in [0.4, 0.5) is 5.82 Å². The molecule has 3 heterocycles. The minimum atomic E-state index is 0.849. The van der Waals surface area contributed by atoms with Crippen molar-refractivity contribution in [2.45, 2.75) is 19.8 Å². The highest BCUT2D eigenvalue weighted by Crippen LogP contribution is 2.29. The van der Waals surface area contributed by atoms with E-state index in [1.54, 1.807) is 0 Å². The third kappa shape index (κ3) is 2.61. The average Bonchev–Trinajstić information content (AvgIpc) is 3.22. The Balaban J connectivity index is 1.65. The van der Waals surface area contributed by atoms with Crippen LogP contribution in [0.3, 0.4) is 0 Å². The first-order chi connectivity index (χ1) is 10.3. The van der Waals surface area contributed by atoms with E-state index in [1.807, 2.05) is 25.4 Å². The highest BCUT2D eigenvalue weighted by Gasteiger charge is 2.20. The number of H-pyrrole nitrogens is 1. The number of aromatic nitrogens is 3. The molecular formula is C17H18N4. The molecule has 0 amide bonds. The zero-order valence-corrected chi connectivity index (χ0v) is 12.1. The largest absolute Gasteiger partial charge is 0.370 e. The molecule has 0 unspecified atom stereocenters. The number of anilines is 1. The fourth-order valence-electron chi connectivity index (χ4n) is 2.56. The van der Waals surface area contributed by atoms with Crippen LogP contribution in [0, 0.1) is 12.8 Å². The molecule has 0 aromatic carbocycles. The number of hydrogen-bond donors (Lipinski definition) is 2. The molecule has 4 rings (SSSR count). The van der Waals surface area contributed by atoms with Crippen LogP contribution >= 0.6 is 0 Å². The predicted octanol–water partition coefficient (Wildman–Crippen LogP) is 3.76. The Morgan fingerprint density at radius 2 is 2.14 bits per heavy atom. The molecule has 2 N–H and O–H groups in total. The molecular weight excluding hydrogens is 260 g/mol. The molecule has 3 aromatic rings. The van der Waals surface area contributed by atoms with Gasteiger partial charge in [0, 0.05) is 47.3 Å². The number of hydrogen-bond acceptors (Lipinski definition) is 3. The maximum Gasteiger partial charge on any atom is 0.128 e. The lowest BCUT2D eigenvalue weighted by molar-refractivity contribution is 0.883. The first-order valence-electron chi connectivity index (χ1n) is 7.43. The highest BCUT2D eigenvalue weighted by molar-refractivity contribution is 5.86. The minimum absolute atomic E-state index is 0.849. The van der Waals surface area contributed by atoms with Gasteiger partial charge < -0.3 is 10.3 Å². The van der Waals surface area contributed by atoms with Gasteiger partial charge in [0.1, 0.15) is 5.82 Å². The van der Waals surface area contributed by atoms with Crippen LogP contribution in [0.1, 0.15) is 18.5 Å². The van der Waals surface area contributed by atoms with E-state index in [0.717, 1.165) is 46.1 Å². The Kier molecular flexibility index (Phi) is 2.88. The standard InChI is InChI=1S/C17H18N4/c1-11-6-13(4-5-18-11)15-7-14-10-20-17(8-16(14)21-15)19-9-12-2-3-12/h4-8,10,12,21H,2-3,9H2,1H3,(H,19,20). The maximum absolute atomic E-state index is 4.49. The van der Waals surface area contributed by atoms with Crippen LogP contribution < -0.4 is 5.32 Å². The predicted molar refractivity (Wildman–Crippen MR) is 85.3 cm³/mol. The van der Waals surface area contributed by atoms with Crippen LogP contribution in [-0.2, 0) is 0 Å². The van der Waals surface area contributed by atoms with Crippen molar-refractivity contribution >= 4 is 16.7 Å². The summed E-state index contributed by atoms with van der Waals surface area (Å²) in [6.07, 6.45) is 6.47. The molecule has 21 heavy (non-hydrogen) atoms. The SMILES string of the molecule is Cc1cc(-c2cc3cnc(NCC4CC4)cc3[nH]2)ccn1. The van der Waals surface area contributed by atoms with Gasteiger partial charge in [0.25, 0.3) is 0 Å². The molecule has 106 valence electrons. The van der Waals surface area contributed by atoms with Crippen LogP contribution in [0.5, 0.6) is 0 Å². The molecule has 0 radical (unpaired) electrons. The van der Waals surface area contributed by atoms with Gasteiger partial charge in [-0.2, -0.15) is 0 Å². The first-order valence-corrected chi connectivity index (χ1v) is 7.43. The van der Waals surface area contributed by atoms with Crippen molar-refractivity contribution in [3.05, 3.63) is 42.4 Å². The van der Waals surface area contributed by atoms with Crippen LogP contribution in [0.2, 0.25) is 0 Å². The summed E-state index contributed by atoms with van der Waals surface area (Å²) in [6, 6.07) is 8.35. The number of aryl methyl sites for hydroxylation is 1. The highest BCUT2D eigenvalue weighted by atomic mass is 15.0. The molecule has 1 aliphatic rings. The van der Waals surface area contributed by atoms with Crippen molar-refractivity contribution in [1.82, 2.24) is 15.0 Å². The zero-order valence-electron chi connectivity index (χ0n) is 12.1. The van der Waals surface area contributed by atoms with E-state index in [2.05, 4.69) is 38.5 Å². The fraction of sp³-hybridized carbons (Fsp3) is 0.294. The second-order valence-corrected chi connectivity index (χ2v) is 5.85. The summed E-state index contributed by atoms with van der Waals surface area (Å²) < 4.78 is 0. The Morgan fingerprint density at radius 3 is 2.95 bits per heavy atom. The number of nitrogens with zero attached hydrogens (tertiary/aromatic N) is 2. The monoisotopic (exact) mass is 278 g/mol. The van der Waals surface area contributed by atoms with Gasteiger partial charge in [-0.1, -0.05) is 0 Å². The second-order valence-electron chi connectivity index (χ2n) is 5.85. The number of aromatic amines is 1. The van der Waals surface area contributed by atoms with Crippen molar-refractivity contribution in [2.24, 2.45) is 5.92 Å². The van der Waals surface area contributed by atoms with Gasteiger partial charge >= 0.3 is 0 Å². The van der Waals surface area contributed by atoms with E-state index < -0.39 is 0 Å². The second kappa shape index (κ2) is 4.88. The fourth-order valence-corrected chi connectivity index (χ4v) is 2.56. The van der Waals surface area contributed by atoms with E-state index in [1.165, 1.54) is 12.8 Å². The van der Waals surface area contributed by atoms with Crippen molar-refractivity contribution in [1.29, 1.82) is 0 Å². The van der Waals surface area contributed by atoms with E-state index >= 15 is 0 Å². The lowest BCUT2D eigenvalue weighted by Gasteiger charge is -2.03. The van der Waals surface area contributed by atoms with Gasteiger partial charge in [-0.05, 0) is 43.9 Å². The third-order valence-corrected chi connectivity index (χ3v) is 3.98. The number of fused-ring (bicyclic) bond motifs is 1. The zero-order chi connectivity index (χ0) is 14.2. The topological polar surface area (TPSA) is 53.6 Å². The lowest BCUT2D eigenvalue weighted by Crippen LogP contribution is -2.04. The number of pyridine rings is 2. The summed E-state index contributed by atoms with van der Waals surface area (Å²) in [4.78, 5) is 12.2. The summed E-state index contributed by atoms with van der Waals surface area (Å²) in [6.45, 7) is 3.04. The normalized spacial score (nSPS) is 14.5. The number of rotatable bonds is 4. The summed E-state index contributed by atoms with van der Waals surface area (Å²) in [5, 5.41) is 4.55. The minimum Gasteiger partial charge on any atom is -0.370 e. The first kappa shape index (κ1) is 12.4. The summed E-state index contributed by atoms with van der Waals surface area (Å²) in [7, 11) is 0. The van der Waals surface area contributed by atoms with Crippen molar-refractivity contribution < 1.29 is 0 Å². The summed E-state index contributed by atoms with van der Waals surface area (Å²) >= 11 is 0. The van der Waals surface area contributed by atoms with Gasteiger partial charge in [0.05, 0.1) is 5.52 Å². The van der Waals surface area contributed by atoms with Crippen molar-refractivity contribution in [3.8, 4) is 11.3 Å². The maximum atomic E-state index is 4.49. The van der Waals surface area contributed by atoms with Crippen LogP contribution in [0.15, 0.2) is 36.7 Å². The molecule has 0 atom stereocenters. The molecule has 4 heteroatoms. The molecule has 0 aliphatic heterocycles. The van der Waals surface area contributed by atoms with Gasteiger partial charge in [-0.25, -0.2) is 4.98 Å². The van der Waals surface area contributed by atoms with Crippen LogP contribution in [-0.4, -0.2) is 21.5 Å². The Labute approximate surface area is 123 Å². The molecule has 3 aromatic heterocycles. The quantitative estimate of drug-likeness (QED) is 0.764. The molecule has 4 nitrogen and oxygen atoms in total. The molecule has 0 saturated heterocycles. The third-order valence-electron chi connectivity index (χ3n) is 3.98. The van der Waals surface area contributed by atoms with Gasteiger partial charge in [0.2, 0.25) is 0 Å². The van der Waals surface area contributed by atoms with E-state index in [9.17, 15) is 0 Å². The molecule has 0 spiro atoms. The lowest BCUT2D eigenvalue weighted by atomic mass is 10.2. The Hall–Kier alpha value is -2.36. The van der Waals surface area contributed by atoms with Gasteiger partial charge in [0.15, 0.2) is 0 Å². The van der Waals surface area contributed by atoms with E-state index in [4.69, 9.17) is 0 Å². The van der Waals surface area contributed by atoms with E-state index in [0.29, 0.717) is 0 Å². The smallest absolute Gasteiger partial charge is 0.128 e. The van der Waals surface area contributed by atoms with Crippen molar-refractivity contribution in [2.75, 3.05) is 11.9 Å². The Morgan fingerprint density at radius 1 is 1.24 bits per heavy atom. The molecule has 0 bridgehead atoms. The summed E-state index contributed by atoms with van der Waals surface area (Å²) in [5.41, 5.74) is 4.41. The number of nitrogens with one attached hydrogen (secondary N) is 2. The Bertz CT molecular complexity index is 786. The van der Waals surface area contributed by atoms with Gasteiger partial charge in [-0.3, -0.25) is 4.98 Å². The van der Waals surface area contributed by atoms with E-state index in [-0.39, 0.29) is 0 Å².